The fourth-order valence-electron chi connectivity index (χ4n) is 0.373. The van der Waals surface area contributed by atoms with Gasteiger partial charge in [0.25, 0.3) is 0 Å². The van der Waals surface area contributed by atoms with E-state index in [0.717, 1.165) is 0 Å². The van der Waals surface area contributed by atoms with Crippen molar-refractivity contribution in [2.75, 3.05) is 6.61 Å². The standard InChI is InChI=1S/C4H10O4S.C2H6/c1-3-7-4(2)8-9(5)6;1-2/h4H,3H2,1-2H3,(H,5,6);1-2H3/p-1. The van der Waals surface area contributed by atoms with E-state index in [1.165, 1.54) is 6.92 Å². The Kier molecular flexibility index (Phi) is 12.4. The summed E-state index contributed by atoms with van der Waals surface area (Å²) >= 11 is -2.47. The first-order valence-corrected chi connectivity index (χ1v) is 4.54. The summed E-state index contributed by atoms with van der Waals surface area (Å²) in [7, 11) is 0. The zero-order valence-corrected chi connectivity index (χ0v) is 8.14. The second-order valence-corrected chi connectivity index (χ2v) is 1.92. The molecule has 5 heteroatoms. The van der Waals surface area contributed by atoms with Crippen molar-refractivity contribution < 1.29 is 17.7 Å². The van der Waals surface area contributed by atoms with Gasteiger partial charge in [-0.15, -0.1) is 0 Å². The van der Waals surface area contributed by atoms with E-state index in [4.69, 9.17) is 4.74 Å². The maximum atomic E-state index is 9.78. The average molecular weight is 183 g/mol. The Bertz CT molecular complexity index is 96.6. The van der Waals surface area contributed by atoms with Crippen LogP contribution in [0.5, 0.6) is 0 Å². The molecule has 4 nitrogen and oxygen atoms in total. The molecule has 0 fully saturated rings. The first-order valence-electron chi connectivity index (χ1n) is 3.54. The summed E-state index contributed by atoms with van der Waals surface area (Å²) in [5.74, 6) is 0. The van der Waals surface area contributed by atoms with Crippen LogP contribution in [0.3, 0.4) is 0 Å². The van der Waals surface area contributed by atoms with Crippen LogP contribution >= 0.6 is 0 Å². The maximum Gasteiger partial charge on any atom is 0.169 e. The van der Waals surface area contributed by atoms with E-state index in [1.54, 1.807) is 6.92 Å². The predicted octanol–water partition coefficient (Wildman–Crippen LogP) is 1.21. The van der Waals surface area contributed by atoms with Gasteiger partial charge in [-0.05, 0) is 13.8 Å². The number of ether oxygens (including phenoxy) is 1. The molecule has 0 heterocycles. The molecule has 0 aromatic rings. The highest BCUT2D eigenvalue weighted by atomic mass is 32.2. The fourth-order valence-corrected chi connectivity index (χ4v) is 0.650. The minimum absolute atomic E-state index is 0.443. The second kappa shape index (κ2) is 10.0. The molecule has 0 spiro atoms. The molecule has 0 rings (SSSR count). The molecule has 0 saturated carbocycles. The molecule has 0 aliphatic heterocycles. The Balaban J connectivity index is 0. The zero-order chi connectivity index (χ0) is 9.28. The van der Waals surface area contributed by atoms with Gasteiger partial charge < -0.3 is 9.29 Å². The van der Waals surface area contributed by atoms with Crippen LogP contribution in [0.15, 0.2) is 0 Å². The van der Waals surface area contributed by atoms with Crippen LogP contribution in [0.2, 0.25) is 0 Å². The molecular weight excluding hydrogens is 168 g/mol. The highest BCUT2D eigenvalue weighted by Gasteiger charge is 1.98. The number of hydrogen-bond acceptors (Lipinski definition) is 4. The third kappa shape index (κ3) is 13.1. The number of rotatable bonds is 4. The van der Waals surface area contributed by atoms with Crippen LogP contribution < -0.4 is 0 Å². The van der Waals surface area contributed by atoms with Crippen LogP contribution in [0.1, 0.15) is 27.7 Å². The normalized spacial score (nSPS) is 14.6. The molecule has 2 atom stereocenters. The van der Waals surface area contributed by atoms with E-state index in [1.807, 2.05) is 13.8 Å². The van der Waals surface area contributed by atoms with Gasteiger partial charge in [-0.25, -0.2) is 4.21 Å². The Hall–Kier alpha value is 0.0300. The molecule has 0 aliphatic rings. The van der Waals surface area contributed by atoms with Gasteiger partial charge in [-0.2, -0.15) is 0 Å². The van der Waals surface area contributed by atoms with E-state index < -0.39 is 17.7 Å². The van der Waals surface area contributed by atoms with Crippen molar-refractivity contribution in [1.29, 1.82) is 0 Å². The molecular formula is C6H15O4S-. The average Bonchev–Trinajstić information content (AvgIpc) is 1.91. The third-order valence-electron chi connectivity index (χ3n) is 0.615. The second-order valence-electron chi connectivity index (χ2n) is 1.32. The van der Waals surface area contributed by atoms with E-state index in [-0.39, 0.29) is 0 Å². The Morgan fingerprint density at radius 2 is 2.00 bits per heavy atom. The molecule has 0 radical (unpaired) electrons. The van der Waals surface area contributed by atoms with Crippen LogP contribution in [0, 0.1) is 0 Å². The quantitative estimate of drug-likeness (QED) is 0.485. The van der Waals surface area contributed by atoms with Crippen molar-refractivity contribution >= 4 is 11.4 Å². The first-order chi connectivity index (χ1) is 5.16. The third-order valence-corrected chi connectivity index (χ3v) is 1.04. The summed E-state index contributed by atoms with van der Waals surface area (Å²) in [6.45, 7) is 7.71. The van der Waals surface area contributed by atoms with Crippen LogP contribution in [0.4, 0.5) is 0 Å². The molecule has 11 heavy (non-hydrogen) atoms. The minimum Gasteiger partial charge on any atom is -0.750 e. The van der Waals surface area contributed by atoms with Crippen molar-refractivity contribution in [2.24, 2.45) is 0 Å². The van der Waals surface area contributed by atoms with Gasteiger partial charge in [-0.1, -0.05) is 13.8 Å². The van der Waals surface area contributed by atoms with Gasteiger partial charge in [-0.3, -0.25) is 4.18 Å². The summed E-state index contributed by atoms with van der Waals surface area (Å²) in [6.07, 6.45) is -0.673. The van der Waals surface area contributed by atoms with Crippen molar-refractivity contribution in [1.82, 2.24) is 0 Å². The van der Waals surface area contributed by atoms with Crippen LogP contribution in [-0.4, -0.2) is 21.7 Å². The molecule has 0 aromatic heterocycles. The highest BCUT2D eigenvalue weighted by molar-refractivity contribution is 7.74. The monoisotopic (exact) mass is 183 g/mol. The number of hydrogen-bond donors (Lipinski definition) is 0. The molecule has 0 amide bonds. The lowest BCUT2D eigenvalue weighted by atomic mass is 10.7. The van der Waals surface area contributed by atoms with E-state index in [0.29, 0.717) is 6.61 Å². The minimum atomic E-state index is -2.47. The van der Waals surface area contributed by atoms with Gasteiger partial charge in [0, 0.05) is 6.61 Å². The van der Waals surface area contributed by atoms with Gasteiger partial charge in [0.1, 0.15) is 0 Å². The summed E-state index contributed by atoms with van der Waals surface area (Å²) in [6, 6.07) is 0. The Labute approximate surface area is 70.4 Å². The lowest BCUT2D eigenvalue weighted by Crippen LogP contribution is -2.13. The summed E-state index contributed by atoms with van der Waals surface area (Å²) in [4.78, 5) is 0. The molecule has 0 N–H and O–H groups in total. The summed E-state index contributed by atoms with van der Waals surface area (Å²) < 4.78 is 28.5. The van der Waals surface area contributed by atoms with E-state index in [9.17, 15) is 8.76 Å². The highest BCUT2D eigenvalue weighted by Crippen LogP contribution is 1.93. The van der Waals surface area contributed by atoms with Gasteiger partial charge in [0.05, 0.1) is 11.4 Å². The van der Waals surface area contributed by atoms with Gasteiger partial charge in [0.2, 0.25) is 0 Å². The van der Waals surface area contributed by atoms with Crippen LogP contribution in [0.25, 0.3) is 0 Å². The fraction of sp³-hybridized carbons (Fsp3) is 1.00. The Morgan fingerprint density at radius 3 is 2.27 bits per heavy atom. The molecule has 2 unspecified atom stereocenters. The van der Waals surface area contributed by atoms with Crippen LogP contribution in [-0.2, 0) is 20.3 Å². The SMILES string of the molecule is CC.CCOC(C)OS(=O)[O-]. The van der Waals surface area contributed by atoms with Gasteiger partial charge in [0.15, 0.2) is 6.29 Å². The largest absolute Gasteiger partial charge is 0.750 e. The first kappa shape index (κ1) is 13.6. The lowest BCUT2D eigenvalue weighted by molar-refractivity contribution is -0.0583. The lowest BCUT2D eigenvalue weighted by Gasteiger charge is -2.12. The maximum absolute atomic E-state index is 9.78. The molecule has 0 bridgehead atoms. The molecule has 0 saturated heterocycles. The molecule has 0 aliphatic carbocycles. The van der Waals surface area contributed by atoms with Crippen molar-refractivity contribution in [3.05, 3.63) is 0 Å². The van der Waals surface area contributed by atoms with Crippen molar-refractivity contribution in [2.45, 2.75) is 34.0 Å². The molecule has 70 valence electrons. The van der Waals surface area contributed by atoms with Gasteiger partial charge >= 0.3 is 0 Å². The van der Waals surface area contributed by atoms with Crippen molar-refractivity contribution in [3.63, 3.8) is 0 Å². The Morgan fingerprint density at radius 1 is 1.55 bits per heavy atom. The smallest absolute Gasteiger partial charge is 0.169 e. The summed E-state index contributed by atoms with van der Waals surface area (Å²) in [5, 5.41) is 0. The molecule has 0 aromatic carbocycles. The van der Waals surface area contributed by atoms with Crippen molar-refractivity contribution in [3.8, 4) is 0 Å². The van der Waals surface area contributed by atoms with E-state index in [2.05, 4.69) is 4.18 Å². The predicted molar refractivity (Wildman–Crippen MR) is 42.4 cm³/mol. The zero-order valence-electron chi connectivity index (χ0n) is 7.33. The topological polar surface area (TPSA) is 58.6 Å². The summed E-state index contributed by atoms with van der Waals surface area (Å²) in [5.41, 5.74) is 0. The van der Waals surface area contributed by atoms with E-state index >= 15 is 0 Å².